The van der Waals surface area contributed by atoms with Gasteiger partial charge in [-0.25, -0.2) is 0 Å². The molecule has 4 heavy (non-hydrogen) atoms. The van der Waals surface area contributed by atoms with E-state index in [1.165, 1.54) is 0 Å². The first-order valence-electron chi connectivity index (χ1n) is 0. The Kier molecular flexibility index (Phi) is 112. The van der Waals surface area contributed by atoms with Crippen LogP contribution in [0.5, 0.6) is 0 Å². The molecule has 1 nitrogen and oxygen atoms in total. The quantitative estimate of drug-likeness (QED) is 0.476. The number of hydrogen-bond acceptors (Lipinski definition) is 0. The van der Waals surface area contributed by atoms with Gasteiger partial charge < -0.3 is 5.48 Å². The van der Waals surface area contributed by atoms with Gasteiger partial charge in [0.25, 0.3) is 0 Å². The van der Waals surface area contributed by atoms with Gasteiger partial charge in [-0.3, -0.25) is 0 Å². The summed E-state index contributed by atoms with van der Waals surface area (Å²) in [6.45, 7) is 0. The Hall–Kier alpha value is 3.15. The SMILES string of the molecule is O.[Fe].[La].[SrH2]. The summed E-state index contributed by atoms with van der Waals surface area (Å²) >= 11 is 0. The molecule has 0 aliphatic carbocycles. The molecule has 4 heteroatoms. The van der Waals surface area contributed by atoms with Gasteiger partial charge in [0.2, 0.25) is 0 Å². The molecule has 0 saturated carbocycles. The minimum atomic E-state index is 0. The molecule has 0 amide bonds. The molecule has 0 saturated heterocycles. The van der Waals surface area contributed by atoms with Crippen molar-refractivity contribution >= 4 is 45.5 Å². The van der Waals surface area contributed by atoms with Crippen LogP contribution in [-0.2, 0) is 17.1 Å². The average Bonchev–Trinajstić information content (AvgIpc) is 0. The van der Waals surface area contributed by atoms with E-state index in [0.29, 0.717) is 0 Å². The van der Waals surface area contributed by atoms with E-state index in [2.05, 4.69) is 0 Å². The van der Waals surface area contributed by atoms with Gasteiger partial charge in [-0.2, -0.15) is 0 Å². The van der Waals surface area contributed by atoms with Crippen molar-refractivity contribution in [2.45, 2.75) is 0 Å². The van der Waals surface area contributed by atoms with E-state index in [1.807, 2.05) is 0 Å². The van der Waals surface area contributed by atoms with Crippen molar-refractivity contribution in [3.8, 4) is 0 Å². The Bertz CT molecular complexity index is 8.00. The third kappa shape index (κ3) is 8.94. The van der Waals surface area contributed by atoms with Crippen LogP contribution in [0.25, 0.3) is 0 Å². The second kappa shape index (κ2) is 16.4. The van der Waals surface area contributed by atoms with Crippen LogP contribution >= 0.6 is 0 Å². The van der Waals surface area contributed by atoms with E-state index >= 15 is 0 Å². The fraction of sp³-hybridized carbons (Fsp3) is 0. The third-order valence-electron chi connectivity index (χ3n) is 0. The van der Waals surface area contributed by atoms with E-state index in [4.69, 9.17) is 0 Å². The molecule has 0 rings (SSSR count). The van der Waals surface area contributed by atoms with Crippen molar-refractivity contribution in [3.63, 3.8) is 0 Å². The Balaban J connectivity index is 0. The monoisotopic (exact) mass is 303 g/mol. The molecule has 0 aliphatic heterocycles. The van der Waals surface area contributed by atoms with Crippen LogP contribution in [0.3, 0.4) is 0 Å². The molecule has 0 atom stereocenters. The average molecular weight is 302 g/mol. The molecule has 0 fully saturated rings. The molecule has 0 aromatic carbocycles. The molecule has 0 spiro atoms. The van der Waals surface area contributed by atoms with Gasteiger partial charge in [-0.1, -0.05) is 0 Å². The Labute approximate surface area is 101 Å². The number of hydrogen-bond donors (Lipinski definition) is 0. The Morgan fingerprint density at radius 2 is 1.00 bits per heavy atom. The summed E-state index contributed by atoms with van der Waals surface area (Å²) in [5.41, 5.74) is 0. The zero-order valence-electron chi connectivity index (χ0n) is 1.43. The minimum absolute atomic E-state index is 0. The molecule has 0 bridgehead atoms. The second-order valence-electron chi connectivity index (χ2n) is 0. The summed E-state index contributed by atoms with van der Waals surface area (Å²) in [7, 11) is 0. The van der Waals surface area contributed by atoms with Gasteiger partial charge in [-0.05, 0) is 0 Å². The normalized spacial score (nSPS) is 0. The molecule has 0 aliphatic rings. The van der Waals surface area contributed by atoms with Crippen LogP contribution < -0.4 is 0 Å². The van der Waals surface area contributed by atoms with Crippen molar-refractivity contribution < 1.29 is 58.1 Å². The Morgan fingerprint density at radius 1 is 1.00 bits per heavy atom. The van der Waals surface area contributed by atoms with Crippen LogP contribution in [0.4, 0.5) is 0 Å². The molecule has 0 aromatic heterocycles. The van der Waals surface area contributed by atoms with Gasteiger partial charge in [0.15, 0.2) is 0 Å². The van der Waals surface area contributed by atoms with Crippen molar-refractivity contribution in [3.05, 3.63) is 0 Å². The van der Waals surface area contributed by atoms with Gasteiger partial charge >= 0.3 is 45.5 Å². The first-order chi connectivity index (χ1) is 0. The number of rotatable bonds is 0. The Morgan fingerprint density at radius 3 is 1.00 bits per heavy atom. The molecular weight excluding hydrogens is 298 g/mol. The first kappa shape index (κ1) is 27.2. The van der Waals surface area contributed by atoms with Crippen molar-refractivity contribution in [1.82, 2.24) is 0 Å². The van der Waals surface area contributed by atoms with E-state index in [1.54, 1.807) is 0 Å². The fourth-order valence-corrected chi connectivity index (χ4v) is 0. The predicted octanol–water partition coefficient (Wildman–Crippen LogP) is -1.74. The van der Waals surface area contributed by atoms with E-state index in [0.717, 1.165) is 0 Å². The maximum absolute atomic E-state index is 0. The van der Waals surface area contributed by atoms with Gasteiger partial charge in [0.1, 0.15) is 0 Å². The van der Waals surface area contributed by atoms with E-state index in [-0.39, 0.29) is 104 Å². The molecular formula is H4FeLaOSr. The summed E-state index contributed by atoms with van der Waals surface area (Å²) < 4.78 is 0. The first-order valence-corrected chi connectivity index (χ1v) is 0. The van der Waals surface area contributed by atoms with Crippen molar-refractivity contribution in [2.75, 3.05) is 0 Å². The molecule has 0 unspecified atom stereocenters. The summed E-state index contributed by atoms with van der Waals surface area (Å²) in [6, 6.07) is 0. The second-order valence-corrected chi connectivity index (χ2v) is 0. The van der Waals surface area contributed by atoms with E-state index < -0.39 is 0 Å². The molecule has 23 valence electrons. The topological polar surface area (TPSA) is 31.5 Å². The molecule has 2 N–H and O–H groups in total. The summed E-state index contributed by atoms with van der Waals surface area (Å²) in [5, 5.41) is 0. The van der Waals surface area contributed by atoms with Crippen molar-refractivity contribution in [2.24, 2.45) is 0 Å². The van der Waals surface area contributed by atoms with Gasteiger partial charge in [0.05, 0.1) is 0 Å². The predicted molar refractivity (Wildman–Crippen MR) is 12.2 cm³/mol. The van der Waals surface area contributed by atoms with Crippen LogP contribution in [0.15, 0.2) is 0 Å². The van der Waals surface area contributed by atoms with Crippen LogP contribution in [0, 0.1) is 35.6 Å². The fourth-order valence-electron chi connectivity index (χ4n) is 0. The van der Waals surface area contributed by atoms with Gasteiger partial charge in [0, 0.05) is 52.7 Å². The standard InChI is InChI=1S/Fe.La.H2O.Sr.2H/h;;1H2;;;. The zero-order chi connectivity index (χ0) is 0. The van der Waals surface area contributed by atoms with Crippen LogP contribution in [0.2, 0.25) is 0 Å². The molecule has 0 aromatic rings. The van der Waals surface area contributed by atoms with Gasteiger partial charge in [-0.15, -0.1) is 0 Å². The van der Waals surface area contributed by atoms with Crippen LogP contribution in [-0.4, -0.2) is 51.0 Å². The summed E-state index contributed by atoms with van der Waals surface area (Å²) in [4.78, 5) is 0. The summed E-state index contributed by atoms with van der Waals surface area (Å²) in [6.07, 6.45) is 0. The maximum atomic E-state index is 0. The molecule has 0 heterocycles. The molecule has 1 radical (unpaired) electrons. The third-order valence-corrected chi connectivity index (χ3v) is 0. The zero-order valence-corrected chi connectivity index (χ0v) is 6.16. The summed E-state index contributed by atoms with van der Waals surface area (Å²) in [5.74, 6) is 0. The van der Waals surface area contributed by atoms with Crippen LogP contribution in [0.1, 0.15) is 0 Å². The van der Waals surface area contributed by atoms with Crippen molar-refractivity contribution in [1.29, 1.82) is 0 Å². The van der Waals surface area contributed by atoms with E-state index in [9.17, 15) is 0 Å².